The van der Waals surface area contributed by atoms with Crippen LogP contribution in [0, 0.1) is 0 Å². The van der Waals surface area contributed by atoms with Crippen LogP contribution in [0.15, 0.2) is 133 Å². The molecule has 0 amide bonds. The van der Waals surface area contributed by atoms with Gasteiger partial charge in [-0.25, -0.2) is 15.0 Å². The van der Waals surface area contributed by atoms with Gasteiger partial charge in [0.05, 0.1) is 32.6 Å². The smallest absolute Gasteiger partial charge is 0.235 e. The van der Waals surface area contributed by atoms with Crippen LogP contribution in [-0.2, 0) is 0 Å². The second-order valence-electron chi connectivity index (χ2n) is 9.75. The van der Waals surface area contributed by atoms with Crippen LogP contribution >= 0.6 is 11.3 Å². The van der Waals surface area contributed by atoms with Gasteiger partial charge in [-0.05, 0) is 24.3 Å². The summed E-state index contributed by atoms with van der Waals surface area (Å²) in [4.78, 5) is 15.3. The zero-order valence-electron chi connectivity index (χ0n) is 21.4. The highest BCUT2D eigenvalue weighted by Crippen LogP contribution is 2.38. The average Bonchev–Trinajstić information content (AvgIpc) is 3.59. The van der Waals surface area contributed by atoms with Crippen molar-refractivity contribution < 1.29 is 0 Å². The summed E-state index contributed by atoms with van der Waals surface area (Å²) in [5.41, 5.74) is 8.10. The van der Waals surface area contributed by atoms with Gasteiger partial charge in [-0.3, -0.25) is 4.57 Å². The minimum absolute atomic E-state index is 0.643. The standard InChI is InChI=1S/C35H22N4S/c1-4-12-23(13-5-1)28-21-29(24-14-6-2-7-15-24)38-35(37-28)39-31-19-11-10-18-26(31)27-20-33-30(22-32(27)39)36-34(40-33)25-16-8-3-9-17-25/h1-22H. The maximum absolute atomic E-state index is 5.14. The van der Waals surface area contributed by atoms with Gasteiger partial charge in [-0.15, -0.1) is 11.3 Å². The van der Waals surface area contributed by atoms with Gasteiger partial charge in [0.2, 0.25) is 5.95 Å². The third-order valence-corrected chi connectivity index (χ3v) is 8.32. The number of thiazole rings is 1. The van der Waals surface area contributed by atoms with Gasteiger partial charge in [0, 0.05) is 27.5 Å². The first-order chi connectivity index (χ1) is 19.8. The number of aromatic nitrogens is 4. The van der Waals surface area contributed by atoms with Crippen LogP contribution in [0.2, 0.25) is 0 Å². The topological polar surface area (TPSA) is 43.6 Å². The Balaban J connectivity index is 1.42. The highest BCUT2D eigenvalue weighted by atomic mass is 32.1. The molecular weight excluding hydrogens is 508 g/mol. The summed E-state index contributed by atoms with van der Waals surface area (Å²) in [6, 6.07) is 46.0. The Morgan fingerprint density at radius 2 is 1.05 bits per heavy atom. The monoisotopic (exact) mass is 530 g/mol. The number of benzene rings is 5. The van der Waals surface area contributed by atoms with Crippen LogP contribution in [0.25, 0.3) is 71.1 Å². The SMILES string of the molecule is c1ccc(-c2cc(-c3ccccc3)nc(-n3c4ccccc4c4cc5sc(-c6ccccc6)nc5cc43)n2)cc1. The van der Waals surface area contributed by atoms with E-state index in [1.807, 2.05) is 42.5 Å². The lowest BCUT2D eigenvalue weighted by Gasteiger charge is -2.11. The molecule has 188 valence electrons. The molecule has 0 radical (unpaired) electrons. The van der Waals surface area contributed by atoms with Gasteiger partial charge in [0.25, 0.3) is 0 Å². The van der Waals surface area contributed by atoms with Crippen LogP contribution in [-0.4, -0.2) is 19.5 Å². The largest absolute Gasteiger partial charge is 0.278 e. The predicted molar refractivity (Wildman–Crippen MR) is 166 cm³/mol. The van der Waals surface area contributed by atoms with E-state index in [1.54, 1.807) is 11.3 Å². The summed E-state index contributed by atoms with van der Waals surface area (Å²) in [5.74, 6) is 0.643. The summed E-state index contributed by atoms with van der Waals surface area (Å²) < 4.78 is 3.35. The zero-order valence-corrected chi connectivity index (χ0v) is 22.2. The molecule has 40 heavy (non-hydrogen) atoms. The van der Waals surface area contributed by atoms with E-state index in [1.165, 1.54) is 10.8 Å². The van der Waals surface area contributed by atoms with Crippen molar-refractivity contribution in [3.8, 4) is 39.0 Å². The fraction of sp³-hybridized carbons (Fsp3) is 0. The third kappa shape index (κ3) is 3.79. The number of hydrogen-bond donors (Lipinski definition) is 0. The second-order valence-corrected chi connectivity index (χ2v) is 10.8. The lowest BCUT2D eigenvalue weighted by Crippen LogP contribution is -2.04. The Labute approximate surface area is 234 Å². The molecule has 0 N–H and O–H groups in total. The maximum atomic E-state index is 5.14. The first-order valence-corrected chi connectivity index (χ1v) is 14.0. The van der Waals surface area contributed by atoms with Gasteiger partial charge in [0.15, 0.2) is 0 Å². The molecule has 8 rings (SSSR count). The van der Waals surface area contributed by atoms with Gasteiger partial charge in [0.1, 0.15) is 5.01 Å². The Morgan fingerprint density at radius 1 is 0.475 bits per heavy atom. The van der Waals surface area contributed by atoms with E-state index in [0.717, 1.165) is 54.3 Å². The van der Waals surface area contributed by atoms with E-state index >= 15 is 0 Å². The van der Waals surface area contributed by atoms with Crippen molar-refractivity contribution in [3.05, 3.63) is 133 Å². The Hall–Kier alpha value is -5.13. The van der Waals surface area contributed by atoms with Crippen molar-refractivity contribution in [1.29, 1.82) is 0 Å². The van der Waals surface area contributed by atoms with E-state index < -0.39 is 0 Å². The Bertz CT molecular complexity index is 2090. The van der Waals surface area contributed by atoms with Crippen molar-refractivity contribution in [1.82, 2.24) is 19.5 Å². The lowest BCUT2D eigenvalue weighted by molar-refractivity contribution is 0.996. The molecule has 0 atom stereocenters. The highest BCUT2D eigenvalue weighted by molar-refractivity contribution is 7.21. The molecule has 3 heterocycles. The quantitative estimate of drug-likeness (QED) is 0.228. The fourth-order valence-corrected chi connectivity index (χ4v) is 6.35. The molecule has 3 aromatic heterocycles. The van der Waals surface area contributed by atoms with Crippen molar-refractivity contribution in [2.75, 3.05) is 0 Å². The van der Waals surface area contributed by atoms with Crippen LogP contribution in [0.4, 0.5) is 0 Å². The van der Waals surface area contributed by atoms with Crippen LogP contribution in [0.5, 0.6) is 0 Å². The molecule has 0 saturated heterocycles. The number of fused-ring (bicyclic) bond motifs is 4. The van der Waals surface area contributed by atoms with Crippen molar-refractivity contribution in [2.45, 2.75) is 0 Å². The molecule has 5 aromatic carbocycles. The summed E-state index contributed by atoms with van der Waals surface area (Å²) in [6.07, 6.45) is 0. The van der Waals surface area contributed by atoms with Crippen molar-refractivity contribution >= 4 is 43.4 Å². The summed E-state index contributed by atoms with van der Waals surface area (Å²) >= 11 is 1.73. The minimum atomic E-state index is 0.643. The molecule has 4 nitrogen and oxygen atoms in total. The van der Waals surface area contributed by atoms with Gasteiger partial charge < -0.3 is 0 Å². The molecule has 0 aliphatic rings. The average molecular weight is 531 g/mol. The van der Waals surface area contributed by atoms with Crippen LogP contribution in [0.3, 0.4) is 0 Å². The molecule has 0 aliphatic heterocycles. The molecule has 0 fully saturated rings. The van der Waals surface area contributed by atoms with Gasteiger partial charge in [-0.1, -0.05) is 109 Å². The molecular formula is C35H22N4S. The molecule has 8 aromatic rings. The molecule has 0 aliphatic carbocycles. The first kappa shape index (κ1) is 22.8. The van der Waals surface area contributed by atoms with E-state index in [4.69, 9.17) is 15.0 Å². The third-order valence-electron chi connectivity index (χ3n) is 7.26. The summed E-state index contributed by atoms with van der Waals surface area (Å²) in [7, 11) is 0. The van der Waals surface area contributed by atoms with E-state index in [2.05, 4.69) is 95.6 Å². The second kappa shape index (κ2) is 9.26. The first-order valence-electron chi connectivity index (χ1n) is 13.2. The lowest BCUT2D eigenvalue weighted by atomic mass is 10.1. The van der Waals surface area contributed by atoms with Gasteiger partial charge in [-0.2, -0.15) is 0 Å². The maximum Gasteiger partial charge on any atom is 0.235 e. The number of para-hydroxylation sites is 1. The van der Waals surface area contributed by atoms with Crippen LogP contribution in [0.1, 0.15) is 0 Å². The molecule has 0 bridgehead atoms. The molecule has 5 heteroatoms. The van der Waals surface area contributed by atoms with E-state index in [-0.39, 0.29) is 0 Å². The fourth-order valence-electron chi connectivity index (χ4n) is 5.36. The molecule has 0 saturated carbocycles. The summed E-state index contributed by atoms with van der Waals surface area (Å²) in [5, 5.41) is 3.36. The highest BCUT2D eigenvalue weighted by Gasteiger charge is 2.18. The minimum Gasteiger partial charge on any atom is -0.278 e. The molecule has 0 spiro atoms. The van der Waals surface area contributed by atoms with E-state index in [0.29, 0.717) is 5.95 Å². The van der Waals surface area contributed by atoms with Gasteiger partial charge >= 0.3 is 0 Å². The normalized spacial score (nSPS) is 11.5. The Kier molecular flexibility index (Phi) is 5.28. The number of hydrogen-bond acceptors (Lipinski definition) is 4. The summed E-state index contributed by atoms with van der Waals surface area (Å²) in [6.45, 7) is 0. The number of rotatable bonds is 4. The molecule has 0 unspecified atom stereocenters. The Morgan fingerprint density at radius 3 is 1.70 bits per heavy atom. The van der Waals surface area contributed by atoms with E-state index in [9.17, 15) is 0 Å². The predicted octanol–water partition coefficient (Wildman–Crippen LogP) is 9.18. The van der Waals surface area contributed by atoms with Crippen LogP contribution < -0.4 is 0 Å². The number of nitrogens with zero attached hydrogens (tertiary/aromatic N) is 4. The van der Waals surface area contributed by atoms with Crippen molar-refractivity contribution in [3.63, 3.8) is 0 Å². The van der Waals surface area contributed by atoms with Crippen molar-refractivity contribution in [2.24, 2.45) is 0 Å². The zero-order chi connectivity index (χ0) is 26.5.